The van der Waals surface area contributed by atoms with Crippen molar-refractivity contribution in [2.75, 3.05) is 20.8 Å². The predicted octanol–water partition coefficient (Wildman–Crippen LogP) is 5.48. The number of thiazole rings is 1. The van der Waals surface area contributed by atoms with Crippen LogP contribution >= 0.6 is 43.2 Å². The van der Waals surface area contributed by atoms with Gasteiger partial charge in [0.1, 0.15) is 11.5 Å². The van der Waals surface area contributed by atoms with Crippen molar-refractivity contribution in [1.29, 1.82) is 0 Å². The molecule has 4 aromatic rings. The lowest BCUT2D eigenvalue weighted by atomic mass is 9.93. The SMILES string of the molecule is CCOC(=O)C1=C(c2ccccc2)N=c2s/c(=C\c3cc(Br)cc(Br)c3OC)c(=O)n2[C@@H]1c1cccc(OC)c1. The summed E-state index contributed by atoms with van der Waals surface area (Å²) in [5.41, 5.74) is 2.60. The summed E-state index contributed by atoms with van der Waals surface area (Å²) in [6.07, 6.45) is 1.77. The van der Waals surface area contributed by atoms with Gasteiger partial charge in [0.2, 0.25) is 0 Å². The van der Waals surface area contributed by atoms with Crippen molar-refractivity contribution < 1.29 is 19.0 Å². The second-order valence-electron chi connectivity index (χ2n) is 8.72. The molecule has 1 aromatic heterocycles. The summed E-state index contributed by atoms with van der Waals surface area (Å²) in [4.78, 5) is 33.0. The van der Waals surface area contributed by atoms with Crippen LogP contribution in [0.3, 0.4) is 0 Å². The number of carbonyl (C=O) groups is 1. The van der Waals surface area contributed by atoms with Gasteiger partial charge in [-0.05, 0) is 58.8 Å². The molecule has 0 radical (unpaired) electrons. The summed E-state index contributed by atoms with van der Waals surface area (Å²) < 4.78 is 20.2. The Hall–Kier alpha value is -3.47. The molecule has 204 valence electrons. The third kappa shape index (κ3) is 5.31. The number of hydrogen-bond donors (Lipinski definition) is 0. The molecule has 0 N–H and O–H groups in total. The van der Waals surface area contributed by atoms with Crippen molar-refractivity contribution in [1.82, 2.24) is 4.57 Å². The summed E-state index contributed by atoms with van der Waals surface area (Å²) in [6, 6.07) is 19.7. The summed E-state index contributed by atoms with van der Waals surface area (Å²) >= 11 is 8.29. The second kappa shape index (κ2) is 12.0. The first-order chi connectivity index (χ1) is 19.4. The van der Waals surface area contributed by atoms with Gasteiger partial charge in [-0.15, -0.1) is 0 Å². The first-order valence-corrected chi connectivity index (χ1v) is 14.7. The van der Waals surface area contributed by atoms with E-state index in [1.807, 2.05) is 66.7 Å². The van der Waals surface area contributed by atoms with Gasteiger partial charge >= 0.3 is 5.97 Å². The number of ether oxygens (including phenoxy) is 3. The lowest BCUT2D eigenvalue weighted by Gasteiger charge is -2.26. The summed E-state index contributed by atoms with van der Waals surface area (Å²) in [5.74, 6) is 0.658. The quantitative estimate of drug-likeness (QED) is 0.241. The van der Waals surface area contributed by atoms with Gasteiger partial charge in [0.05, 0.1) is 47.1 Å². The Morgan fingerprint density at radius 2 is 1.82 bits per heavy atom. The maximum atomic E-state index is 14.1. The number of rotatable bonds is 7. The molecule has 0 unspecified atom stereocenters. The van der Waals surface area contributed by atoms with Crippen LogP contribution in [-0.4, -0.2) is 31.4 Å². The zero-order valence-electron chi connectivity index (χ0n) is 21.8. The molecule has 40 heavy (non-hydrogen) atoms. The van der Waals surface area contributed by atoms with Crippen LogP contribution in [0.25, 0.3) is 11.8 Å². The van der Waals surface area contributed by atoms with Gasteiger partial charge in [-0.1, -0.05) is 69.7 Å². The highest BCUT2D eigenvalue weighted by molar-refractivity contribution is 9.11. The van der Waals surface area contributed by atoms with E-state index in [2.05, 4.69) is 31.9 Å². The Balaban J connectivity index is 1.86. The molecule has 3 aromatic carbocycles. The Bertz CT molecular complexity index is 1810. The molecular formula is C30H24Br2N2O5S. The molecule has 1 aliphatic heterocycles. The van der Waals surface area contributed by atoms with Crippen molar-refractivity contribution in [3.63, 3.8) is 0 Å². The number of nitrogens with zero attached hydrogens (tertiary/aromatic N) is 2. The number of benzene rings is 3. The molecule has 1 aliphatic rings. The van der Waals surface area contributed by atoms with Crippen LogP contribution < -0.4 is 24.4 Å². The van der Waals surface area contributed by atoms with Crippen LogP contribution in [0.5, 0.6) is 11.5 Å². The van der Waals surface area contributed by atoms with E-state index in [1.165, 1.54) is 11.3 Å². The standard InChI is InChI=1S/C30H24Br2N2O5S/c1-4-39-29(36)24-25(17-9-6-5-7-10-17)33-30-34(26(24)18-11-8-12-21(14-18)37-2)28(35)23(40-30)15-19-13-20(31)16-22(32)27(19)38-3/h5-16,26H,4H2,1-3H3/b23-15-/t26-/m1/s1. The summed E-state index contributed by atoms with van der Waals surface area (Å²) in [6.45, 7) is 1.93. The molecule has 0 fully saturated rings. The van der Waals surface area contributed by atoms with Crippen LogP contribution in [0, 0.1) is 0 Å². The van der Waals surface area contributed by atoms with Gasteiger partial charge in [0.25, 0.3) is 5.56 Å². The predicted molar refractivity (Wildman–Crippen MR) is 162 cm³/mol. The smallest absolute Gasteiger partial charge is 0.338 e. The average Bonchev–Trinajstić information content (AvgIpc) is 3.26. The molecular weight excluding hydrogens is 660 g/mol. The fraction of sp³-hybridized carbons (Fsp3) is 0.167. The number of halogens is 2. The van der Waals surface area contributed by atoms with Crippen LogP contribution in [-0.2, 0) is 9.53 Å². The van der Waals surface area contributed by atoms with Crippen LogP contribution in [0.4, 0.5) is 0 Å². The minimum absolute atomic E-state index is 0.178. The highest BCUT2D eigenvalue weighted by Crippen LogP contribution is 2.36. The third-order valence-electron chi connectivity index (χ3n) is 6.31. The van der Waals surface area contributed by atoms with E-state index in [1.54, 1.807) is 31.8 Å². The lowest BCUT2D eigenvalue weighted by Crippen LogP contribution is -2.40. The minimum atomic E-state index is -0.793. The Morgan fingerprint density at radius 3 is 2.52 bits per heavy atom. The number of methoxy groups -OCH3 is 2. The maximum Gasteiger partial charge on any atom is 0.338 e. The molecule has 1 atom stereocenters. The monoisotopic (exact) mass is 682 g/mol. The van der Waals surface area contributed by atoms with Crippen LogP contribution in [0.15, 0.2) is 91.0 Å². The highest BCUT2D eigenvalue weighted by atomic mass is 79.9. The van der Waals surface area contributed by atoms with E-state index in [4.69, 9.17) is 19.2 Å². The number of aromatic nitrogens is 1. The van der Waals surface area contributed by atoms with E-state index in [9.17, 15) is 9.59 Å². The fourth-order valence-corrected chi connectivity index (χ4v) is 7.02. The molecule has 0 aliphatic carbocycles. The van der Waals surface area contributed by atoms with Crippen molar-refractivity contribution in [2.45, 2.75) is 13.0 Å². The number of carbonyl (C=O) groups excluding carboxylic acids is 1. The van der Waals surface area contributed by atoms with E-state index in [-0.39, 0.29) is 17.7 Å². The maximum absolute atomic E-state index is 14.1. The zero-order valence-corrected chi connectivity index (χ0v) is 25.8. The van der Waals surface area contributed by atoms with Crippen molar-refractivity contribution >= 4 is 60.9 Å². The lowest BCUT2D eigenvalue weighted by molar-refractivity contribution is -0.138. The number of hydrogen-bond acceptors (Lipinski definition) is 7. The molecule has 0 bridgehead atoms. The van der Waals surface area contributed by atoms with E-state index < -0.39 is 12.0 Å². The minimum Gasteiger partial charge on any atom is -0.497 e. The zero-order chi connectivity index (χ0) is 28.4. The first-order valence-electron chi connectivity index (χ1n) is 12.3. The van der Waals surface area contributed by atoms with E-state index >= 15 is 0 Å². The molecule has 0 saturated heterocycles. The van der Waals surface area contributed by atoms with Gasteiger partial charge in [-0.25, -0.2) is 9.79 Å². The molecule has 2 heterocycles. The van der Waals surface area contributed by atoms with Crippen molar-refractivity contribution in [3.8, 4) is 11.5 Å². The van der Waals surface area contributed by atoms with E-state index in [0.717, 1.165) is 14.5 Å². The summed E-state index contributed by atoms with van der Waals surface area (Å²) in [5, 5.41) is 0. The van der Waals surface area contributed by atoms with Gasteiger partial charge in [0, 0.05) is 15.6 Å². The fourth-order valence-electron chi connectivity index (χ4n) is 4.61. The Morgan fingerprint density at radius 1 is 1.05 bits per heavy atom. The Labute approximate surface area is 251 Å². The Kier molecular flexibility index (Phi) is 8.39. The van der Waals surface area contributed by atoms with Gasteiger partial charge < -0.3 is 14.2 Å². The van der Waals surface area contributed by atoms with Gasteiger partial charge in [0.15, 0.2) is 4.80 Å². The van der Waals surface area contributed by atoms with Crippen molar-refractivity contribution in [3.05, 3.63) is 118 Å². The normalized spacial score (nSPS) is 14.9. The van der Waals surface area contributed by atoms with Crippen LogP contribution in [0.2, 0.25) is 0 Å². The second-order valence-corrected chi connectivity index (χ2v) is 11.5. The molecule has 0 amide bonds. The van der Waals surface area contributed by atoms with Gasteiger partial charge in [-0.3, -0.25) is 9.36 Å². The molecule has 7 nitrogen and oxygen atoms in total. The third-order valence-corrected chi connectivity index (χ3v) is 8.34. The average molecular weight is 684 g/mol. The molecule has 10 heteroatoms. The first kappa shape index (κ1) is 28.1. The molecule has 5 rings (SSSR count). The van der Waals surface area contributed by atoms with Crippen LogP contribution in [0.1, 0.15) is 29.7 Å². The summed E-state index contributed by atoms with van der Waals surface area (Å²) in [7, 11) is 3.15. The van der Waals surface area contributed by atoms with Gasteiger partial charge in [-0.2, -0.15) is 0 Å². The van der Waals surface area contributed by atoms with E-state index in [0.29, 0.717) is 37.7 Å². The molecule has 0 spiro atoms. The number of fused-ring (bicyclic) bond motifs is 1. The largest absolute Gasteiger partial charge is 0.497 e. The highest BCUT2D eigenvalue weighted by Gasteiger charge is 2.35. The topological polar surface area (TPSA) is 79.1 Å². The molecule has 0 saturated carbocycles. The number of esters is 1. The van der Waals surface area contributed by atoms with Crippen molar-refractivity contribution in [2.24, 2.45) is 4.99 Å².